The first-order chi connectivity index (χ1) is 8.65. The summed E-state index contributed by atoms with van der Waals surface area (Å²) in [6.07, 6.45) is 0.275. The molecule has 2 aromatic rings. The molecule has 1 amide bonds. The van der Waals surface area contributed by atoms with Crippen LogP contribution in [0.3, 0.4) is 0 Å². The number of carbonyl (C=O) groups excluding carboxylic acids is 1. The molecule has 92 valence electrons. The molecule has 1 aromatic heterocycles. The van der Waals surface area contributed by atoms with E-state index in [0.29, 0.717) is 10.1 Å². The Kier molecular flexibility index (Phi) is 3.96. The third-order valence-electron chi connectivity index (χ3n) is 2.21. The number of thiocarbonyl (C=S) groups is 1. The minimum atomic E-state index is -0.130. The van der Waals surface area contributed by atoms with Crippen LogP contribution in [0.2, 0.25) is 0 Å². The van der Waals surface area contributed by atoms with Gasteiger partial charge in [0.25, 0.3) is 0 Å². The SMILES string of the molecule is NC(=S)c1ccc(CC(=O)Nc2nncs2)cc1. The average Bonchev–Trinajstić information content (AvgIpc) is 2.82. The van der Waals surface area contributed by atoms with Gasteiger partial charge in [-0.15, -0.1) is 10.2 Å². The molecular weight excluding hydrogens is 268 g/mol. The van der Waals surface area contributed by atoms with Crippen LogP contribution in [0.15, 0.2) is 29.8 Å². The Morgan fingerprint density at radius 3 is 2.67 bits per heavy atom. The van der Waals surface area contributed by atoms with Gasteiger partial charge >= 0.3 is 0 Å². The van der Waals surface area contributed by atoms with E-state index in [0.717, 1.165) is 11.1 Å². The van der Waals surface area contributed by atoms with Gasteiger partial charge in [-0.1, -0.05) is 47.8 Å². The van der Waals surface area contributed by atoms with Crippen molar-refractivity contribution in [1.82, 2.24) is 10.2 Å². The van der Waals surface area contributed by atoms with E-state index in [1.54, 1.807) is 17.6 Å². The van der Waals surface area contributed by atoms with Crippen molar-refractivity contribution in [3.63, 3.8) is 0 Å². The fourth-order valence-electron chi connectivity index (χ4n) is 1.36. The van der Waals surface area contributed by atoms with Crippen LogP contribution in [-0.2, 0) is 11.2 Å². The van der Waals surface area contributed by atoms with Gasteiger partial charge in [0.1, 0.15) is 10.5 Å². The predicted octanol–water partition coefficient (Wildman–Crippen LogP) is 1.35. The van der Waals surface area contributed by atoms with Crippen LogP contribution < -0.4 is 11.1 Å². The Labute approximate surface area is 113 Å². The molecule has 0 aliphatic heterocycles. The number of amides is 1. The first kappa shape index (κ1) is 12.6. The van der Waals surface area contributed by atoms with Gasteiger partial charge in [-0.25, -0.2) is 0 Å². The van der Waals surface area contributed by atoms with Crippen molar-refractivity contribution < 1.29 is 4.79 Å². The van der Waals surface area contributed by atoms with Crippen LogP contribution in [0.5, 0.6) is 0 Å². The van der Waals surface area contributed by atoms with E-state index in [-0.39, 0.29) is 12.3 Å². The fraction of sp³-hybridized carbons (Fsp3) is 0.0909. The maximum Gasteiger partial charge on any atom is 0.230 e. The monoisotopic (exact) mass is 278 g/mol. The highest BCUT2D eigenvalue weighted by molar-refractivity contribution is 7.80. The van der Waals surface area contributed by atoms with Crippen molar-refractivity contribution in [2.75, 3.05) is 5.32 Å². The molecule has 3 N–H and O–H groups in total. The lowest BCUT2D eigenvalue weighted by Gasteiger charge is -2.03. The first-order valence-electron chi connectivity index (χ1n) is 5.10. The van der Waals surface area contributed by atoms with Gasteiger partial charge in [0, 0.05) is 5.56 Å². The quantitative estimate of drug-likeness (QED) is 0.825. The lowest BCUT2D eigenvalue weighted by molar-refractivity contribution is -0.115. The minimum Gasteiger partial charge on any atom is -0.389 e. The summed E-state index contributed by atoms with van der Waals surface area (Å²) in [6.45, 7) is 0. The molecule has 0 saturated heterocycles. The topological polar surface area (TPSA) is 80.9 Å². The van der Waals surface area contributed by atoms with E-state index < -0.39 is 0 Å². The maximum absolute atomic E-state index is 11.7. The molecule has 18 heavy (non-hydrogen) atoms. The van der Waals surface area contributed by atoms with E-state index in [4.69, 9.17) is 18.0 Å². The van der Waals surface area contributed by atoms with E-state index in [1.807, 2.05) is 12.1 Å². The molecule has 0 bridgehead atoms. The molecular formula is C11H10N4OS2. The normalized spacial score (nSPS) is 10.0. The molecule has 0 fully saturated rings. The Morgan fingerprint density at radius 2 is 2.11 bits per heavy atom. The fourth-order valence-corrected chi connectivity index (χ4v) is 1.96. The molecule has 0 spiro atoms. The number of hydrogen-bond acceptors (Lipinski definition) is 5. The molecule has 5 nitrogen and oxygen atoms in total. The van der Waals surface area contributed by atoms with Gasteiger partial charge in [-0.3, -0.25) is 4.79 Å². The highest BCUT2D eigenvalue weighted by Crippen LogP contribution is 2.10. The second kappa shape index (κ2) is 5.65. The number of nitrogens with zero attached hydrogens (tertiary/aromatic N) is 2. The molecule has 0 saturated carbocycles. The van der Waals surface area contributed by atoms with Crippen molar-refractivity contribution in [2.24, 2.45) is 5.73 Å². The number of benzene rings is 1. The Balaban J connectivity index is 1.97. The van der Waals surface area contributed by atoms with Gasteiger partial charge in [-0.05, 0) is 5.56 Å². The van der Waals surface area contributed by atoms with Gasteiger partial charge in [0.05, 0.1) is 6.42 Å². The smallest absolute Gasteiger partial charge is 0.230 e. The van der Waals surface area contributed by atoms with Crippen LogP contribution >= 0.6 is 23.6 Å². The summed E-state index contributed by atoms with van der Waals surface area (Å²) in [6, 6.07) is 7.26. The van der Waals surface area contributed by atoms with Crippen molar-refractivity contribution in [2.45, 2.75) is 6.42 Å². The third kappa shape index (κ3) is 3.31. The van der Waals surface area contributed by atoms with E-state index in [9.17, 15) is 4.79 Å². The number of anilines is 1. The lowest BCUT2D eigenvalue weighted by Crippen LogP contribution is -2.14. The molecule has 0 radical (unpaired) electrons. The number of carbonyl (C=O) groups is 1. The lowest BCUT2D eigenvalue weighted by atomic mass is 10.1. The van der Waals surface area contributed by atoms with Gasteiger partial charge < -0.3 is 11.1 Å². The Morgan fingerprint density at radius 1 is 1.39 bits per heavy atom. The molecule has 7 heteroatoms. The van der Waals surface area contributed by atoms with E-state index in [1.165, 1.54) is 11.3 Å². The number of nitrogens with two attached hydrogens (primary N) is 1. The van der Waals surface area contributed by atoms with Crippen molar-refractivity contribution in [3.05, 3.63) is 40.9 Å². The summed E-state index contributed by atoms with van der Waals surface area (Å²) in [5, 5.41) is 10.5. The summed E-state index contributed by atoms with van der Waals surface area (Å²) >= 11 is 6.14. The van der Waals surface area contributed by atoms with Crippen molar-refractivity contribution >= 4 is 39.6 Å². The summed E-state index contributed by atoms with van der Waals surface area (Å²) in [5.74, 6) is -0.130. The molecule has 0 atom stereocenters. The summed E-state index contributed by atoms with van der Waals surface area (Å²) < 4.78 is 0. The van der Waals surface area contributed by atoms with Gasteiger partial charge in [-0.2, -0.15) is 0 Å². The van der Waals surface area contributed by atoms with Crippen molar-refractivity contribution in [1.29, 1.82) is 0 Å². The van der Waals surface area contributed by atoms with Crippen LogP contribution in [0.4, 0.5) is 5.13 Å². The molecule has 0 aliphatic carbocycles. The first-order valence-corrected chi connectivity index (χ1v) is 6.38. The highest BCUT2D eigenvalue weighted by atomic mass is 32.1. The second-order valence-corrected chi connectivity index (χ2v) is 4.80. The molecule has 1 heterocycles. The molecule has 1 aromatic carbocycles. The number of nitrogens with one attached hydrogen (secondary N) is 1. The summed E-state index contributed by atoms with van der Waals surface area (Å²) in [7, 11) is 0. The summed E-state index contributed by atoms with van der Waals surface area (Å²) in [4.78, 5) is 12.0. The van der Waals surface area contributed by atoms with Crippen LogP contribution in [0, 0.1) is 0 Å². The van der Waals surface area contributed by atoms with Gasteiger partial charge in [0.15, 0.2) is 0 Å². The second-order valence-electron chi connectivity index (χ2n) is 3.53. The maximum atomic E-state index is 11.7. The molecule has 0 aliphatic rings. The number of aromatic nitrogens is 2. The van der Waals surface area contributed by atoms with Gasteiger partial charge in [0.2, 0.25) is 11.0 Å². The van der Waals surface area contributed by atoms with Crippen LogP contribution in [-0.4, -0.2) is 21.1 Å². The zero-order chi connectivity index (χ0) is 13.0. The summed E-state index contributed by atoms with van der Waals surface area (Å²) in [5.41, 5.74) is 8.73. The van der Waals surface area contributed by atoms with E-state index >= 15 is 0 Å². The number of rotatable bonds is 4. The minimum absolute atomic E-state index is 0.130. The zero-order valence-corrected chi connectivity index (χ0v) is 10.9. The van der Waals surface area contributed by atoms with Crippen molar-refractivity contribution in [3.8, 4) is 0 Å². The predicted molar refractivity (Wildman–Crippen MR) is 74.6 cm³/mol. The Bertz CT molecular complexity index is 551. The van der Waals surface area contributed by atoms with Crippen LogP contribution in [0.25, 0.3) is 0 Å². The average molecular weight is 278 g/mol. The van der Waals surface area contributed by atoms with Crippen LogP contribution in [0.1, 0.15) is 11.1 Å². The standard InChI is InChI=1S/C11H10N4OS2/c12-10(17)8-3-1-7(2-4-8)5-9(16)14-11-15-13-6-18-11/h1-4,6H,5H2,(H2,12,17)(H,14,15,16). The number of hydrogen-bond donors (Lipinski definition) is 2. The van der Waals surface area contributed by atoms with E-state index in [2.05, 4.69) is 15.5 Å². The third-order valence-corrected chi connectivity index (χ3v) is 3.05. The zero-order valence-electron chi connectivity index (χ0n) is 9.29. The highest BCUT2D eigenvalue weighted by Gasteiger charge is 2.06. The largest absolute Gasteiger partial charge is 0.389 e. The molecule has 2 rings (SSSR count). The molecule has 0 unspecified atom stereocenters. The Hall–Kier alpha value is -1.86.